The first-order chi connectivity index (χ1) is 17.4. The van der Waals surface area contributed by atoms with Gasteiger partial charge in [0.25, 0.3) is 5.91 Å². The highest BCUT2D eigenvalue weighted by Gasteiger charge is 2.47. The maximum absolute atomic E-state index is 13.7. The van der Waals surface area contributed by atoms with Gasteiger partial charge in [0.1, 0.15) is 6.04 Å². The average Bonchev–Trinajstić information content (AvgIpc) is 3.44. The van der Waals surface area contributed by atoms with Gasteiger partial charge >= 0.3 is 0 Å². The molecular formula is C23H26N4O8S2. The zero-order valence-electron chi connectivity index (χ0n) is 19.9. The molecule has 2 aromatic rings. The van der Waals surface area contributed by atoms with Crippen LogP contribution in [0, 0.1) is 0 Å². The third-order valence-corrected chi connectivity index (χ3v) is 8.90. The number of nitrogens with two attached hydrogens (primary N) is 1. The molecule has 2 aliphatic rings. The van der Waals surface area contributed by atoms with E-state index in [4.69, 9.17) is 9.88 Å². The summed E-state index contributed by atoms with van der Waals surface area (Å²) in [5.41, 5.74) is 0.498. The maximum atomic E-state index is 13.7. The zero-order chi connectivity index (χ0) is 27.0. The lowest BCUT2D eigenvalue weighted by Crippen LogP contribution is -2.48. The first kappa shape index (κ1) is 26.9. The molecule has 0 spiro atoms. The number of sulfonamides is 2. The predicted octanol–water partition coefficient (Wildman–Crippen LogP) is 0.794. The van der Waals surface area contributed by atoms with Crippen LogP contribution in [-0.4, -0.2) is 64.2 Å². The van der Waals surface area contributed by atoms with Gasteiger partial charge in [0, 0.05) is 25.8 Å². The molecule has 2 heterocycles. The van der Waals surface area contributed by atoms with Gasteiger partial charge in [-0.3, -0.25) is 14.4 Å². The van der Waals surface area contributed by atoms with E-state index in [1.165, 1.54) is 43.3 Å². The van der Waals surface area contributed by atoms with Crippen LogP contribution in [0.5, 0.6) is 0 Å². The Balaban J connectivity index is 1.66. The number of hydrogen-bond acceptors (Lipinski definition) is 8. The number of imide groups is 1. The van der Waals surface area contributed by atoms with E-state index in [0.29, 0.717) is 18.7 Å². The number of nitrogens with zero attached hydrogens (tertiary/aromatic N) is 2. The highest BCUT2D eigenvalue weighted by Crippen LogP contribution is 2.31. The molecule has 2 atom stereocenters. The van der Waals surface area contributed by atoms with Crippen molar-refractivity contribution in [3.05, 3.63) is 48.5 Å². The van der Waals surface area contributed by atoms with E-state index in [1.54, 1.807) is 0 Å². The smallest absolute Gasteiger partial charge is 0.252 e. The number of benzene rings is 2. The van der Waals surface area contributed by atoms with Gasteiger partial charge in [-0.25, -0.2) is 26.9 Å². The predicted molar refractivity (Wildman–Crippen MR) is 132 cm³/mol. The summed E-state index contributed by atoms with van der Waals surface area (Å²) in [7, 11) is -8.24. The molecule has 0 aromatic heterocycles. The molecule has 12 nitrogen and oxygen atoms in total. The summed E-state index contributed by atoms with van der Waals surface area (Å²) < 4.78 is 57.1. The normalized spacial score (nSPS) is 20.6. The number of hydrogen-bond donors (Lipinski definition) is 2. The summed E-state index contributed by atoms with van der Waals surface area (Å²) in [5.74, 6) is -1.71. The first-order valence-electron chi connectivity index (χ1n) is 11.4. The summed E-state index contributed by atoms with van der Waals surface area (Å²) >= 11 is 0. The van der Waals surface area contributed by atoms with Crippen LogP contribution in [0.3, 0.4) is 0 Å². The summed E-state index contributed by atoms with van der Waals surface area (Å²) in [6.07, 6.45) is 0.496. The lowest BCUT2D eigenvalue weighted by Gasteiger charge is -2.29. The first-order valence-corrected chi connectivity index (χ1v) is 14.4. The number of carbonyl (C=O) groups is 3. The van der Waals surface area contributed by atoms with Crippen LogP contribution in [0.4, 0.5) is 11.4 Å². The van der Waals surface area contributed by atoms with Crippen LogP contribution in [0.2, 0.25) is 0 Å². The number of carbonyl (C=O) groups excluding carboxylic acids is 3. The third kappa shape index (κ3) is 5.72. The summed E-state index contributed by atoms with van der Waals surface area (Å²) in [6.45, 7) is 1.66. The minimum atomic E-state index is -4.26. The number of amides is 3. The van der Waals surface area contributed by atoms with Crippen molar-refractivity contribution < 1.29 is 36.0 Å². The van der Waals surface area contributed by atoms with Crippen molar-refractivity contribution >= 4 is 49.1 Å². The van der Waals surface area contributed by atoms with Crippen LogP contribution in [0.25, 0.3) is 0 Å². The van der Waals surface area contributed by atoms with Gasteiger partial charge in [0.15, 0.2) is 0 Å². The number of rotatable bonds is 8. The minimum Gasteiger partial charge on any atom is -0.377 e. The Kier molecular flexibility index (Phi) is 7.48. The monoisotopic (exact) mass is 550 g/mol. The van der Waals surface area contributed by atoms with Crippen LogP contribution < -0.4 is 15.4 Å². The number of primary sulfonamides is 1. The second kappa shape index (κ2) is 10.3. The molecule has 4 rings (SSSR count). The molecule has 2 unspecified atom stereocenters. The number of nitrogens with one attached hydrogen (secondary N) is 1. The van der Waals surface area contributed by atoms with E-state index in [-0.39, 0.29) is 27.9 Å². The van der Waals surface area contributed by atoms with Crippen LogP contribution in [0.1, 0.15) is 26.2 Å². The molecule has 0 radical (unpaired) electrons. The van der Waals surface area contributed by atoms with Crippen LogP contribution in [-0.2, 0) is 39.2 Å². The van der Waals surface area contributed by atoms with E-state index < -0.39 is 50.4 Å². The maximum Gasteiger partial charge on any atom is 0.252 e. The van der Waals surface area contributed by atoms with Crippen molar-refractivity contribution in [1.82, 2.24) is 4.31 Å². The Bertz CT molecular complexity index is 1420. The Hall–Kier alpha value is -3.17. The Morgan fingerprint density at radius 1 is 1.05 bits per heavy atom. The highest BCUT2D eigenvalue weighted by atomic mass is 32.2. The van der Waals surface area contributed by atoms with E-state index in [2.05, 4.69) is 5.32 Å². The molecule has 2 saturated heterocycles. The second-order valence-corrected chi connectivity index (χ2v) is 12.2. The number of ether oxygens (including phenoxy) is 1. The SMILES string of the molecule is CC(=O)Nc1ccc(S(=O)(=O)N(CC2CCCO2)C2CC(=O)N(c3ccc(S(N)(=O)=O)cc3)C2=O)cc1. The van der Waals surface area contributed by atoms with Gasteiger partial charge in [0.2, 0.25) is 31.9 Å². The molecule has 0 bridgehead atoms. The molecule has 2 aliphatic heterocycles. The van der Waals surface area contributed by atoms with E-state index in [9.17, 15) is 31.2 Å². The standard InChI is InChI=1S/C23H26N4O8S2/c1-15(28)25-16-4-8-20(9-5-16)37(33,34)26(14-18-3-2-12-35-18)21-13-22(29)27(23(21)30)17-6-10-19(11-7-17)36(24,31)32/h4-11,18,21H,2-3,12-14H2,1H3,(H,25,28)(H2,24,31,32). The fourth-order valence-electron chi connectivity index (χ4n) is 4.33. The molecule has 198 valence electrons. The highest BCUT2D eigenvalue weighted by molar-refractivity contribution is 7.89. The van der Waals surface area contributed by atoms with Crippen LogP contribution in [0.15, 0.2) is 58.3 Å². The quantitative estimate of drug-likeness (QED) is 0.454. The Morgan fingerprint density at radius 3 is 2.22 bits per heavy atom. The van der Waals surface area contributed by atoms with Gasteiger partial charge in [-0.2, -0.15) is 4.31 Å². The van der Waals surface area contributed by atoms with Gasteiger partial charge in [-0.15, -0.1) is 0 Å². The van der Waals surface area contributed by atoms with Crippen molar-refractivity contribution in [3.8, 4) is 0 Å². The third-order valence-electron chi connectivity index (χ3n) is 6.08. The fraction of sp³-hybridized carbons (Fsp3) is 0.348. The van der Waals surface area contributed by atoms with Gasteiger partial charge in [-0.05, 0) is 61.4 Å². The van der Waals surface area contributed by atoms with Crippen LogP contribution >= 0.6 is 0 Å². The topological polar surface area (TPSA) is 173 Å². The van der Waals surface area contributed by atoms with E-state index in [0.717, 1.165) is 27.8 Å². The van der Waals surface area contributed by atoms with Crippen molar-refractivity contribution in [3.63, 3.8) is 0 Å². The largest absolute Gasteiger partial charge is 0.377 e. The summed E-state index contributed by atoms with van der Waals surface area (Å²) in [5, 5.41) is 7.67. The molecule has 0 saturated carbocycles. The molecular weight excluding hydrogens is 524 g/mol. The fourth-order valence-corrected chi connectivity index (χ4v) is 6.46. The Morgan fingerprint density at radius 2 is 1.68 bits per heavy atom. The lowest BCUT2D eigenvalue weighted by atomic mass is 10.2. The molecule has 3 N–H and O–H groups in total. The second-order valence-electron chi connectivity index (χ2n) is 8.74. The van der Waals surface area contributed by atoms with Crippen molar-refractivity contribution in [2.24, 2.45) is 5.14 Å². The molecule has 14 heteroatoms. The average molecular weight is 551 g/mol. The molecule has 3 amide bonds. The van der Waals surface area contributed by atoms with Crippen molar-refractivity contribution in [2.75, 3.05) is 23.4 Å². The van der Waals surface area contributed by atoms with Gasteiger partial charge < -0.3 is 10.1 Å². The lowest BCUT2D eigenvalue weighted by molar-refractivity contribution is -0.122. The number of anilines is 2. The summed E-state index contributed by atoms with van der Waals surface area (Å²) in [4.78, 5) is 38.2. The Labute approximate surface area is 214 Å². The van der Waals surface area contributed by atoms with Gasteiger partial charge in [0.05, 0.1) is 28.0 Å². The minimum absolute atomic E-state index is 0.0963. The summed E-state index contributed by atoms with van der Waals surface area (Å²) in [6, 6.07) is 9.01. The van der Waals surface area contributed by atoms with E-state index >= 15 is 0 Å². The molecule has 2 fully saturated rings. The van der Waals surface area contributed by atoms with Crippen molar-refractivity contribution in [2.45, 2.75) is 48.1 Å². The van der Waals surface area contributed by atoms with Crippen molar-refractivity contribution in [1.29, 1.82) is 0 Å². The van der Waals surface area contributed by atoms with Gasteiger partial charge in [-0.1, -0.05) is 0 Å². The molecule has 2 aromatic carbocycles. The molecule has 0 aliphatic carbocycles. The zero-order valence-corrected chi connectivity index (χ0v) is 21.5. The molecule has 37 heavy (non-hydrogen) atoms. The van der Waals surface area contributed by atoms with E-state index in [1.807, 2.05) is 0 Å².